The standard InChI is InChI=1S/C16H22BrFN2O/c1-2-9-20(13-6-4-12(19)5-7-13)16(21)14-8-3-11(17)10-15(14)18/h3,8,10,12-13H,2,4-7,9,19H2,1H3. The Bertz CT molecular complexity index is 501. The molecular formula is C16H22BrFN2O. The lowest BCUT2D eigenvalue weighted by molar-refractivity contribution is 0.0622. The SMILES string of the molecule is CCCN(C(=O)c1ccc(Br)cc1F)C1CCC(N)CC1. The van der Waals surface area contributed by atoms with Crippen molar-refractivity contribution in [1.82, 2.24) is 4.90 Å². The van der Waals surface area contributed by atoms with Gasteiger partial charge in [0.15, 0.2) is 0 Å². The molecule has 1 aromatic rings. The third-order valence-electron chi connectivity index (χ3n) is 4.07. The minimum Gasteiger partial charge on any atom is -0.336 e. The molecule has 2 N–H and O–H groups in total. The first-order valence-corrected chi connectivity index (χ1v) is 8.33. The van der Waals surface area contributed by atoms with E-state index in [0.717, 1.165) is 32.1 Å². The Labute approximate surface area is 133 Å². The van der Waals surface area contributed by atoms with Gasteiger partial charge in [0.2, 0.25) is 0 Å². The highest BCUT2D eigenvalue weighted by Gasteiger charge is 2.29. The highest BCUT2D eigenvalue weighted by atomic mass is 79.9. The molecule has 1 aliphatic carbocycles. The largest absolute Gasteiger partial charge is 0.336 e. The number of nitrogens with zero attached hydrogens (tertiary/aromatic N) is 1. The first-order chi connectivity index (χ1) is 10.0. The van der Waals surface area contributed by atoms with E-state index in [0.29, 0.717) is 11.0 Å². The minimum atomic E-state index is -0.469. The fourth-order valence-corrected chi connectivity index (χ4v) is 3.25. The van der Waals surface area contributed by atoms with E-state index in [9.17, 15) is 9.18 Å². The molecule has 5 heteroatoms. The third kappa shape index (κ3) is 4.04. The summed E-state index contributed by atoms with van der Waals surface area (Å²) in [4.78, 5) is 14.5. The van der Waals surface area contributed by atoms with Crippen molar-refractivity contribution in [2.75, 3.05) is 6.54 Å². The van der Waals surface area contributed by atoms with E-state index >= 15 is 0 Å². The summed E-state index contributed by atoms with van der Waals surface area (Å²) in [7, 11) is 0. The fraction of sp³-hybridized carbons (Fsp3) is 0.562. The highest BCUT2D eigenvalue weighted by molar-refractivity contribution is 9.10. The Balaban J connectivity index is 2.18. The van der Waals surface area contributed by atoms with Gasteiger partial charge in [-0.1, -0.05) is 22.9 Å². The molecule has 21 heavy (non-hydrogen) atoms. The van der Waals surface area contributed by atoms with Crippen molar-refractivity contribution < 1.29 is 9.18 Å². The Hall–Kier alpha value is -0.940. The normalized spacial score (nSPS) is 22.1. The second-order valence-electron chi connectivity index (χ2n) is 5.69. The molecule has 1 aliphatic rings. The van der Waals surface area contributed by atoms with Crippen LogP contribution in [0.15, 0.2) is 22.7 Å². The van der Waals surface area contributed by atoms with Gasteiger partial charge in [-0.2, -0.15) is 0 Å². The minimum absolute atomic E-state index is 0.154. The van der Waals surface area contributed by atoms with Crippen molar-refractivity contribution in [2.24, 2.45) is 5.73 Å². The zero-order valence-corrected chi connectivity index (χ0v) is 13.9. The Morgan fingerprint density at radius 2 is 2.05 bits per heavy atom. The van der Waals surface area contributed by atoms with E-state index in [2.05, 4.69) is 15.9 Å². The van der Waals surface area contributed by atoms with Crippen LogP contribution in [0, 0.1) is 5.82 Å². The summed E-state index contributed by atoms with van der Waals surface area (Å²) in [5, 5.41) is 0. The molecule has 0 aliphatic heterocycles. The van der Waals surface area contributed by atoms with Crippen LogP contribution in [0.5, 0.6) is 0 Å². The van der Waals surface area contributed by atoms with E-state index in [1.165, 1.54) is 6.07 Å². The number of amides is 1. The van der Waals surface area contributed by atoms with Gasteiger partial charge in [-0.15, -0.1) is 0 Å². The van der Waals surface area contributed by atoms with Crippen molar-refractivity contribution in [2.45, 2.75) is 51.1 Å². The number of benzene rings is 1. The molecule has 1 fully saturated rings. The lowest BCUT2D eigenvalue weighted by atomic mass is 9.90. The molecule has 0 radical (unpaired) electrons. The van der Waals surface area contributed by atoms with Gasteiger partial charge in [0, 0.05) is 23.1 Å². The number of nitrogens with two attached hydrogens (primary N) is 1. The second kappa shape index (κ2) is 7.36. The van der Waals surface area contributed by atoms with E-state index < -0.39 is 5.82 Å². The Morgan fingerprint density at radius 3 is 2.62 bits per heavy atom. The predicted octanol–water partition coefficient (Wildman–Crippen LogP) is 3.71. The predicted molar refractivity (Wildman–Crippen MR) is 85.7 cm³/mol. The molecule has 3 nitrogen and oxygen atoms in total. The van der Waals surface area contributed by atoms with E-state index in [-0.39, 0.29) is 23.6 Å². The first kappa shape index (κ1) is 16.4. The molecule has 0 spiro atoms. The van der Waals surface area contributed by atoms with Crippen LogP contribution in [0.25, 0.3) is 0 Å². The number of carbonyl (C=O) groups is 1. The molecule has 0 bridgehead atoms. The molecular weight excluding hydrogens is 335 g/mol. The van der Waals surface area contributed by atoms with Crippen LogP contribution in [0.1, 0.15) is 49.4 Å². The monoisotopic (exact) mass is 356 g/mol. The number of hydrogen-bond acceptors (Lipinski definition) is 2. The van der Waals surface area contributed by atoms with Gasteiger partial charge in [0.05, 0.1) is 5.56 Å². The van der Waals surface area contributed by atoms with E-state index in [1.54, 1.807) is 12.1 Å². The van der Waals surface area contributed by atoms with Gasteiger partial charge in [0.1, 0.15) is 5.82 Å². The molecule has 116 valence electrons. The molecule has 0 heterocycles. The summed E-state index contributed by atoms with van der Waals surface area (Å²) in [6.07, 6.45) is 4.55. The van der Waals surface area contributed by atoms with Crippen molar-refractivity contribution in [3.8, 4) is 0 Å². The second-order valence-corrected chi connectivity index (χ2v) is 6.61. The van der Waals surface area contributed by atoms with Gasteiger partial charge < -0.3 is 10.6 Å². The summed E-state index contributed by atoms with van der Waals surface area (Å²) < 4.78 is 14.7. The lowest BCUT2D eigenvalue weighted by Crippen LogP contribution is -2.44. The highest BCUT2D eigenvalue weighted by Crippen LogP contribution is 2.25. The number of hydrogen-bond donors (Lipinski definition) is 1. The summed E-state index contributed by atoms with van der Waals surface area (Å²) in [5.41, 5.74) is 6.08. The number of carbonyl (C=O) groups excluding carboxylic acids is 1. The van der Waals surface area contributed by atoms with Crippen LogP contribution >= 0.6 is 15.9 Å². The average Bonchev–Trinajstić information content (AvgIpc) is 2.45. The molecule has 2 rings (SSSR count). The van der Waals surface area contributed by atoms with Crippen LogP contribution in [0.4, 0.5) is 4.39 Å². The van der Waals surface area contributed by atoms with Gasteiger partial charge >= 0.3 is 0 Å². The maximum absolute atomic E-state index is 14.0. The smallest absolute Gasteiger partial charge is 0.257 e. The molecule has 0 aromatic heterocycles. The molecule has 1 amide bonds. The number of rotatable bonds is 4. The summed E-state index contributed by atoms with van der Waals surface area (Å²) in [6, 6.07) is 5.02. The molecule has 0 saturated heterocycles. The quantitative estimate of drug-likeness (QED) is 0.893. The van der Waals surface area contributed by atoms with Crippen molar-refractivity contribution >= 4 is 21.8 Å². The van der Waals surface area contributed by atoms with Crippen molar-refractivity contribution in [3.05, 3.63) is 34.1 Å². The van der Waals surface area contributed by atoms with Crippen LogP contribution in [0.2, 0.25) is 0 Å². The Morgan fingerprint density at radius 1 is 1.38 bits per heavy atom. The van der Waals surface area contributed by atoms with E-state index in [4.69, 9.17) is 5.73 Å². The van der Waals surface area contributed by atoms with Gasteiger partial charge in [-0.3, -0.25) is 4.79 Å². The summed E-state index contributed by atoms with van der Waals surface area (Å²) in [5.74, 6) is -0.676. The first-order valence-electron chi connectivity index (χ1n) is 7.54. The zero-order valence-electron chi connectivity index (χ0n) is 12.3. The Kier molecular flexibility index (Phi) is 5.76. The topological polar surface area (TPSA) is 46.3 Å². The van der Waals surface area contributed by atoms with Crippen molar-refractivity contribution in [3.63, 3.8) is 0 Å². The maximum Gasteiger partial charge on any atom is 0.257 e. The zero-order chi connectivity index (χ0) is 15.4. The van der Waals surface area contributed by atoms with Crippen molar-refractivity contribution in [1.29, 1.82) is 0 Å². The number of halogens is 2. The fourth-order valence-electron chi connectivity index (χ4n) is 2.92. The van der Waals surface area contributed by atoms with Gasteiger partial charge in [-0.25, -0.2) is 4.39 Å². The van der Waals surface area contributed by atoms with Gasteiger partial charge in [0.25, 0.3) is 5.91 Å². The summed E-state index contributed by atoms with van der Waals surface area (Å²) >= 11 is 3.22. The van der Waals surface area contributed by atoms with E-state index in [1.807, 2.05) is 11.8 Å². The average molecular weight is 357 g/mol. The summed E-state index contributed by atoms with van der Waals surface area (Å²) in [6.45, 7) is 2.70. The maximum atomic E-state index is 14.0. The van der Waals surface area contributed by atoms with Gasteiger partial charge in [-0.05, 0) is 50.3 Å². The van der Waals surface area contributed by atoms with Crippen LogP contribution in [-0.4, -0.2) is 29.4 Å². The van der Waals surface area contributed by atoms with Crippen LogP contribution in [-0.2, 0) is 0 Å². The lowest BCUT2D eigenvalue weighted by Gasteiger charge is -2.36. The third-order valence-corrected chi connectivity index (χ3v) is 4.56. The van der Waals surface area contributed by atoms with Crippen LogP contribution in [0.3, 0.4) is 0 Å². The van der Waals surface area contributed by atoms with Crippen LogP contribution < -0.4 is 5.73 Å². The molecule has 1 aromatic carbocycles. The molecule has 1 saturated carbocycles. The molecule has 0 unspecified atom stereocenters. The molecule has 0 atom stereocenters.